The molecule has 154 valence electrons. The Morgan fingerprint density at radius 2 is 1.74 bits per heavy atom. The molecule has 0 radical (unpaired) electrons. The van der Waals surface area contributed by atoms with Crippen LogP contribution in [0.25, 0.3) is 0 Å². The molecule has 1 heterocycles. The van der Waals surface area contributed by atoms with Crippen molar-refractivity contribution in [3.05, 3.63) is 29.3 Å². The first kappa shape index (κ1) is 23.8. The van der Waals surface area contributed by atoms with Gasteiger partial charge in [0.25, 0.3) is 0 Å². The van der Waals surface area contributed by atoms with Gasteiger partial charge in [-0.3, -0.25) is 0 Å². The highest BCUT2D eigenvalue weighted by molar-refractivity contribution is 14.0. The number of alkyl halides is 3. The van der Waals surface area contributed by atoms with Crippen molar-refractivity contribution in [3.8, 4) is 0 Å². The van der Waals surface area contributed by atoms with E-state index < -0.39 is 11.7 Å². The minimum atomic E-state index is -4.37. The summed E-state index contributed by atoms with van der Waals surface area (Å²) in [6, 6.07) is 3.91. The molecule has 1 aliphatic heterocycles. The Morgan fingerprint density at radius 1 is 1.15 bits per heavy atom. The van der Waals surface area contributed by atoms with Crippen LogP contribution in [0.5, 0.6) is 0 Å². The molecule has 1 aromatic carbocycles. The molecule has 0 saturated carbocycles. The first-order valence-corrected chi connectivity index (χ1v) is 8.94. The molecule has 0 aliphatic carbocycles. The number of likely N-dealkylation sites (N-methyl/N-ethyl adjacent to an activating group) is 1. The Balaban J connectivity index is 0.00000364. The summed E-state index contributed by atoms with van der Waals surface area (Å²) < 4.78 is 39.4. The molecule has 9 heteroatoms. The van der Waals surface area contributed by atoms with Crippen molar-refractivity contribution in [2.45, 2.75) is 26.6 Å². The second-order valence-corrected chi connectivity index (χ2v) is 6.48. The van der Waals surface area contributed by atoms with Gasteiger partial charge in [-0.2, -0.15) is 13.2 Å². The van der Waals surface area contributed by atoms with Gasteiger partial charge in [0.05, 0.1) is 12.1 Å². The van der Waals surface area contributed by atoms with Crippen molar-refractivity contribution >= 4 is 35.6 Å². The van der Waals surface area contributed by atoms with Crippen molar-refractivity contribution in [1.29, 1.82) is 0 Å². The minimum absolute atomic E-state index is 0. The van der Waals surface area contributed by atoms with Crippen LogP contribution in [-0.4, -0.2) is 62.1 Å². The lowest BCUT2D eigenvalue weighted by atomic mass is 10.1. The molecule has 0 bridgehead atoms. The van der Waals surface area contributed by atoms with Crippen LogP contribution in [0.2, 0.25) is 0 Å². The Morgan fingerprint density at radius 3 is 2.26 bits per heavy atom. The molecule has 0 spiro atoms. The summed E-state index contributed by atoms with van der Waals surface area (Å²) in [4.78, 5) is 10.6. The zero-order chi connectivity index (χ0) is 19.3. The van der Waals surface area contributed by atoms with Crippen LogP contribution < -0.4 is 10.6 Å². The number of aliphatic imine (C=N–C) groups is 1. The largest absolute Gasteiger partial charge is 0.416 e. The molecule has 1 fully saturated rings. The standard InChI is InChI=1S/C18H28F3N5.HI/c1-4-25(5-2)17(22)23-13-14-12-15(18(19,20)21)6-7-16(14)26-10-8-24(3)9-11-26;/h6-7,12H,4-5,8-11,13H2,1-3H3,(H2,22,23);1H. The molecule has 27 heavy (non-hydrogen) atoms. The highest BCUT2D eigenvalue weighted by atomic mass is 127. The number of hydrogen-bond donors (Lipinski definition) is 1. The van der Waals surface area contributed by atoms with Gasteiger partial charge in [-0.15, -0.1) is 24.0 Å². The molecule has 2 N–H and O–H groups in total. The van der Waals surface area contributed by atoms with Crippen molar-refractivity contribution in [3.63, 3.8) is 0 Å². The maximum Gasteiger partial charge on any atom is 0.416 e. The number of nitrogens with zero attached hydrogens (tertiary/aromatic N) is 4. The van der Waals surface area contributed by atoms with Crippen molar-refractivity contribution < 1.29 is 13.2 Å². The number of benzene rings is 1. The number of hydrogen-bond acceptors (Lipinski definition) is 3. The lowest BCUT2D eigenvalue weighted by molar-refractivity contribution is -0.137. The normalized spacial score (nSPS) is 16.2. The van der Waals surface area contributed by atoms with Gasteiger partial charge in [-0.25, -0.2) is 4.99 Å². The van der Waals surface area contributed by atoms with E-state index in [4.69, 9.17) is 5.73 Å². The molecule has 2 rings (SSSR count). The molecule has 0 aromatic heterocycles. The van der Waals surface area contributed by atoms with E-state index in [9.17, 15) is 13.2 Å². The van der Waals surface area contributed by atoms with Crippen LogP contribution in [0.4, 0.5) is 18.9 Å². The lowest BCUT2D eigenvalue weighted by Gasteiger charge is -2.35. The summed E-state index contributed by atoms with van der Waals surface area (Å²) in [5.41, 5.74) is 6.70. The molecule has 1 aromatic rings. The quantitative estimate of drug-likeness (QED) is 0.384. The molecular weight excluding hydrogens is 470 g/mol. The predicted octanol–water partition coefficient (Wildman–Crippen LogP) is 3.23. The molecule has 1 saturated heterocycles. The van der Waals surface area contributed by atoms with Crippen molar-refractivity contribution in [2.24, 2.45) is 10.7 Å². The summed E-state index contributed by atoms with van der Waals surface area (Å²) in [6.45, 7) is 8.80. The van der Waals surface area contributed by atoms with Gasteiger partial charge in [0.15, 0.2) is 5.96 Å². The highest BCUT2D eigenvalue weighted by Gasteiger charge is 2.31. The molecule has 0 amide bonds. The molecule has 0 atom stereocenters. The Bertz CT molecular complexity index is 624. The smallest absolute Gasteiger partial charge is 0.370 e. The predicted molar refractivity (Wildman–Crippen MR) is 115 cm³/mol. The second kappa shape index (κ2) is 10.4. The monoisotopic (exact) mass is 499 g/mol. The summed E-state index contributed by atoms with van der Waals surface area (Å²) in [5.74, 6) is 0.358. The van der Waals surface area contributed by atoms with E-state index in [-0.39, 0.29) is 30.5 Å². The van der Waals surface area contributed by atoms with Crippen molar-refractivity contribution in [1.82, 2.24) is 9.80 Å². The molecule has 5 nitrogen and oxygen atoms in total. The second-order valence-electron chi connectivity index (χ2n) is 6.48. The Hall–Kier alpha value is -1.23. The van der Waals surface area contributed by atoms with Crippen LogP contribution >= 0.6 is 24.0 Å². The first-order valence-electron chi connectivity index (χ1n) is 8.94. The zero-order valence-electron chi connectivity index (χ0n) is 16.1. The van der Waals surface area contributed by atoms with Gasteiger partial charge in [0.2, 0.25) is 0 Å². The number of piperazine rings is 1. The molecule has 1 aliphatic rings. The molecular formula is C18H29F3IN5. The van der Waals surface area contributed by atoms with E-state index in [2.05, 4.69) is 14.8 Å². The van der Waals surface area contributed by atoms with Crippen molar-refractivity contribution in [2.75, 3.05) is 51.2 Å². The number of rotatable bonds is 5. The maximum atomic E-state index is 13.1. The average molecular weight is 499 g/mol. The number of anilines is 1. The zero-order valence-corrected chi connectivity index (χ0v) is 18.4. The van der Waals surface area contributed by atoms with Crippen LogP contribution in [-0.2, 0) is 12.7 Å². The topological polar surface area (TPSA) is 48.1 Å². The third-order valence-electron chi connectivity index (χ3n) is 4.75. The number of halogens is 4. The Kier molecular flexibility index (Phi) is 9.13. The average Bonchev–Trinajstić information content (AvgIpc) is 2.61. The van der Waals surface area contributed by atoms with Gasteiger partial charge in [-0.05, 0) is 44.7 Å². The third kappa shape index (κ3) is 6.41. The maximum absolute atomic E-state index is 13.1. The van der Waals surface area contributed by atoms with E-state index in [1.54, 1.807) is 6.07 Å². The van der Waals surface area contributed by atoms with Crippen LogP contribution in [0.1, 0.15) is 25.0 Å². The van der Waals surface area contributed by atoms with Gasteiger partial charge < -0.3 is 20.4 Å². The Labute approximate surface area is 176 Å². The lowest BCUT2D eigenvalue weighted by Crippen LogP contribution is -2.44. The summed E-state index contributed by atoms with van der Waals surface area (Å²) >= 11 is 0. The first-order chi connectivity index (χ1) is 12.3. The van der Waals surface area contributed by atoms with E-state index in [1.807, 2.05) is 25.8 Å². The van der Waals surface area contributed by atoms with E-state index in [0.29, 0.717) is 24.6 Å². The summed E-state index contributed by atoms with van der Waals surface area (Å²) in [7, 11) is 2.04. The fourth-order valence-electron chi connectivity index (χ4n) is 3.06. The molecule has 0 unspecified atom stereocenters. The van der Waals surface area contributed by atoms with E-state index in [1.165, 1.54) is 6.07 Å². The van der Waals surface area contributed by atoms with E-state index in [0.717, 1.165) is 37.9 Å². The van der Waals surface area contributed by atoms with Crippen LogP contribution in [0.15, 0.2) is 23.2 Å². The van der Waals surface area contributed by atoms with Crippen LogP contribution in [0, 0.1) is 0 Å². The van der Waals surface area contributed by atoms with Gasteiger partial charge in [0, 0.05) is 45.0 Å². The highest BCUT2D eigenvalue weighted by Crippen LogP contribution is 2.33. The van der Waals surface area contributed by atoms with Gasteiger partial charge >= 0.3 is 6.18 Å². The van der Waals surface area contributed by atoms with E-state index >= 15 is 0 Å². The van der Waals surface area contributed by atoms with Gasteiger partial charge in [0.1, 0.15) is 0 Å². The fourth-order valence-corrected chi connectivity index (χ4v) is 3.06. The summed E-state index contributed by atoms with van der Waals surface area (Å²) in [6.07, 6.45) is -4.37. The minimum Gasteiger partial charge on any atom is -0.370 e. The SMILES string of the molecule is CCN(CC)C(N)=NCc1cc(C(F)(F)F)ccc1N1CCN(C)CC1.I. The fraction of sp³-hybridized carbons (Fsp3) is 0.611. The summed E-state index contributed by atoms with van der Waals surface area (Å²) in [5, 5.41) is 0. The number of nitrogens with two attached hydrogens (primary N) is 1. The third-order valence-corrected chi connectivity index (χ3v) is 4.75. The van der Waals surface area contributed by atoms with Gasteiger partial charge in [-0.1, -0.05) is 0 Å². The number of guanidine groups is 1. The van der Waals surface area contributed by atoms with Crippen LogP contribution in [0.3, 0.4) is 0 Å².